The van der Waals surface area contributed by atoms with Gasteiger partial charge in [0.25, 0.3) is 5.91 Å². The van der Waals surface area contributed by atoms with Crippen molar-refractivity contribution in [2.45, 2.75) is 58.4 Å². The summed E-state index contributed by atoms with van der Waals surface area (Å²) in [5, 5.41) is 5.36. The summed E-state index contributed by atoms with van der Waals surface area (Å²) >= 11 is 1.69. The first-order valence-electron chi connectivity index (χ1n) is 11.0. The number of thiophene rings is 1. The Kier molecular flexibility index (Phi) is 5.54. The second-order valence-electron chi connectivity index (χ2n) is 8.56. The fraction of sp³-hybridized carbons (Fsp3) is 0.522. The predicted octanol–water partition coefficient (Wildman–Crippen LogP) is 4.42. The number of hydrogen-bond acceptors (Lipinski definition) is 6. The summed E-state index contributed by atoms with van der Waals surface area (Å²) in [7, 11) is 0. The number of ether oxygens (including phenoxy) is 2. The van der Waals surface area contributed by atoms with Crippen LogP contribution in [0.3, 0.4) is 0 Å². The van der Waals surface area contributed by atoms with Gasteiger partial charge in [0.1, 0.15) is 0 Å². The number of likely N-dealkylation sites (tertiary alicyclic amines) is 1. The molecule has 3 aromatic rings. The van der Waals surface area contributed by atoms with Gasteiger partial charge in [-0.05, 0) is 58.2 Å². The van der Waals surface area contributed by atoms with E-state index in [9.17, 15) is 4.79 Å². The Morgan fingerprint density at radius 1 is 1.23 bits per heavy atom. The zero-order valence-electron chi connectivity index (χ0n) is 18.2. The van der Waals surface area contributed by atoms with Gasteiger partial charge in [-0.1, -0.05) is 0 Å². The van der Waals surface area contributed by atoms with Crippen LogP contribution < -0.4 is 0 Å². The van der Waals surface area contributed by atoms with E-state index in [1.807, 2.05) is 15.6 Å². The summed E-state index contributed by atoms with van der Waals surface area (Å²) < 4.78 is 13.5. The van der Waals surface area contributed by atoms with Gasteiger partial charge in [-0.15, -0.1) is 11.3 Å². The highest BCUT2D eigenvalue weighted by Crippen LogP contribution is 2.33. The standard InChI is InChI=1S/C23H28N4O3S/c1-14(2)27-21-17(13-24-27)16(12-18(25-21)20-8-7-15(3)31-20)22(28)26-9-5-4-6-19(26)23-29-10-11-30-23/h7-8,12-14,19,23H,4-6,9-11H2,1-3H3. The highest BCUT2D eigenvalue weighted by molar-refractivity contribution is 7.15. The molecule has 0 aliphatic carbocycles. The van der Waals surface area contributed by atoms with Gasteiger partial charge in [0.15, 0.2) is 11.9 Å². The lowest BCUT2D eigenvalue weighted by Gasteiger charge is -2.38. The summed E-state index contributed by atoms with van der Waals surface area (Å²) in [5.74, 6) is 0.00836. The van der Waals surface area contributed by atoms with Crippen molar-refractivity contribution >= 4 is 28.3 Å². The first kappa shape index (κ1) is 20.6. The molecule has 1 unspecified atom stereocenters. The third kappa shape index (κ3) is 3.77. The van der Waals surface area contributed by atoms with E-state index in [2.05, 4.69) is 38.0 Å². The lowest BCUT2D eigenvalue weighted by molar-refractivity contribution is -0.100. The summed E-state index contributed by atoms with van der Waals surface area (Å²) in [6, 6.07) is 6.19. The van der Waals surface area contributed by atoms with Crippen molar-refractivity contribution in [1.82, 2.24) is 19.7 Å². The van der Waals surface area contributed by atoms with Gasteiger partial charge in [0.2, 0.25) is 0 Å². The predicted molar refractivity (Wildman–Crippen MR) is 120 cm³/mol. The molecule has 1 amide bonds. The molecule has 1 atom stereocenters. The van der Waals surface area contributed by atoms with Crippen LogP contribution in [0.15, 0.2) is 24.4 Å². The summed E-state index contributed by atoms with van der Waals surface area (Å²) in [6.07, 6.45) is 4.41. The van der Waals surface area contributed by atoms with Gasteiger partial charge in [0.05, 0.1) is 47.0 Å². The zero-order valence-corrected chi connectivity index (χ0v) is 19.0. The Morgan fingerprint density at radius 3 is 2.74 bits per heavy atom. The quantitative estimate of drug-likeness (QED) is 0.601. The smallest absolute Gasteiger partial charge is 0.255 e. The van der Waals surface area contributed by atoms with E-state index in [0.717, 1.165) is 40.9 Å². The number of rotatable bonds is 4. The minimum Gasteiger partial charge on any atom is -0.348 e. The van der Waals surface area contributed by atoms with Crippen LogP contribution in [0.4, 0.5) is 0 Å². The summed E-state index contributed by atoms with van der Waals surface area (Å²) in [4.78, 5) is 23.0. The first-order chi connectivity index (χ1) is 15.0. The van der Waals surface area contributed by atoms with Gasteiger partial charge in [-0.2, -0.15) is 5.10 Å². The molecule has 31 heavy (non-hydrogen) atoms. The molecule has 8 heteroatoms. The molecule has 2 fully saturated rings. The molecule has 5 heterocycles. The van der Waals surface area contributed by atoms with Crippen LogP contribution in [0.2, 0.25) is 0 Å². The normalized spacial score (nSPS) is 20.3. The molecule has 0 aromatic carbocycles. The number of pyridine rings is 1. The molecule has 7 nitrogen and oxygen atoms in total. The molecular formula is C23H28N4O3S. The number of fused-ring (bicyclic) bond motifs is 1. The van der Waals surface area contributed by atoms with Gasteiger partial charge >= 0.3 is 0 Å². The number of nitrogens with zero attached hydrogens (tertiary/aromatic N) is 4. The third-order valence-corrected chi connectivity index (χ3v) is 7.07. The first-order valence-corrected chi connectivity index (χ1v) is 11.8. The Morgan fingerprint density at radius 2 is 2.03 bits per heavy atom. The maximum atomic E-state index is 13.9. The van der Waals surface area contributed by atoms with Crippen molar-refractivity contribution in [2.24, 2.45) is 0 Å². The fourth-order valence-electron chi connectivity index (χ4n) is 4.52. The zero-order chi connectivity index (χ0) is 21.5. The second-order valence-corrected chi connectivity index (χ2v) is 9.85. The Labute approximate surface area is 186 Å². The lowest BCUT2D eigenvalue weighted by Crippen LogP contribution is -2.50. The maximum Gasteiger partial charge on any atom is 0.255 e. The summed E-state index contributed by atoms with van der Waals surface area (Å²) in [5.41, 5.74) is 2.23. The molecule has 2 aliphatic rings. The largest absolute Gasteiger partial charge is 0.348 e. The van der Waals surface area contributed by atoms with Crippen molar-refractivity contribution in [3.8, 4) is 10.6 Å². The second kappa shape index (κ2) is 8.33. The van der Waals surface area contributed by atoms with Crippen molar-refractivity contribution in [1.29, 1.82) is 0 Å². The number of piperidine rings is 1. The number of aromatic nitrogens is 3. The maximum absolute atomic E-state index is 13.9. The van der Waals surface area contributed by atoms with Crippen molar-refractivity contribution < 1.29 is 14.3 Å². The van der Waals surface area contributed by atoms with E-state index in [1.54, 1.807) is 17.5 Å². The van der Waals surface area contributed by atoms with Crippen LogP contribution in [0.1, 0.15) is 54.4 Å². The summed E-state index contributed by atoms with van der Waals surface area (Å²) in [6.45, 7) is 8.12. The van der Waals surface area contributed by atoms with E-state index in [4.69, 9.17) is 14.5 Å². The fourth-order valence-corrected chi connectivity index (χ4v) is 5.35. The molecule has 0 radical (unpaired) electrons. The Balaban J connectivity index is 1.61. The minimum absolute atomic E-state index is 0.00836. The SMILES string of the molecule is Cc1ccc(-c2cc(C(=O)N3CCCCC3C3OCCO3)c3cnn(C(C)C)c3n2)s1. The third-order valence-electron chi connectivity index (χ3n) is 6.05. The van der Waals surface area contributed by atoms with Gasteiger partial charge < -0.3 is 14.4 Å². The molecule has 164 valence electrons. The van der Waals surface area contributed by atoms with Crippen molar-refractivity contribution in [2.75, 3.05) is 19.8 Å². The van der Waals surface area contributed by atoms with Gasteiger partial charge in [-0.3, -0.25) is 4.79 Å². The minimum atomic E-state index is -0.334. The number of hydrogen-bond donors (Lipinski definition) is 0. The average Bonchev–Trinajstić information content (AvgIpc) is 3.53. The monoisotopic (exact) mass is 440 g/mol. The van der Waals surface area contributed by atoms with Crippen LogP contribution in [-0.2, 0) is 9.47 Å². The number of carbonyl (C=O) groups is 1. The van der Waals surface area contributed by atoms with Crippen LogP contribution in [0, 0.1) is 6.92 Å². The molecular weight excluding hydrogens is 412 g/mol. The number of aryl methyl sites for hydroxylation is 1. The lowest BCUT2D eigenvalue weighted by atomic mass is 9.99. The van der Waals surface area contributed by atoms with Crippen LogP contribution in [0.25, 0.3) is 21.6 Å². The van der Waals surface area contributed by atoms with Crippen LogP contribution in [0.5, 0.6) is 0 Å². The highest BCUT2D eigenvalue weighted by atomic mass is 32.1. The molecule has 0 spiro atoms. The van der Waals surface area contributed by atoms with E-state index in [-0.39, 0.29) is 24.3 Å². The molecule has 0 N–H and O–H groups in total. The molecule has 0 saturated carbocycles. The Hall–Kier alpha value is -2.29. The number of carbonyl (C=O) groups excluding carboxylic acids is 1. The molecule has 2 aliphatic heterocycles. The van der Waals surface area contributed by atoms with E-state index in [0.29, 0.717) is 25.3 Å². The van der Waals surface area contributed by atoms with E-state index < -0.39 is 0 Å². The van der Waals surface area contributed by atoms with Crippen LogP contribution >= 0.6 is 11.3 Å². The molecule has 2 saturated heterocycles. The molecule has 0 bridgehead atoms. The van der Waals surface area contributed by atoms with Crippen molar-refractivity contribution in [3.63, 3.8) is 0 Å². The number of amides is 1. The topological polar surface area (TPSA) is 69.5 Å². The van der Waals surface area contributed by atoms with Gasteiger partial charge in [0, 0.05) is 17.5 Å². The average molecular weight is 441 g/mol. The Bertz CT molecular complexity index is 1100. The van der Waals surface area contributed by atoms with Crippen molar-refractivity contribution in [3.05, 3.63) is 34.8 Å². The van der Waals surface area contributed by atoms with Gasteiger partial charge in [-0.25, -0.2) is 9.67 Å². The van der Waals surface area contributed by atoms with E-state index in [1.165, 1.54) is 4.88 Å². The van der Waals surface area contributed by atoms with E-state index >= 15 is 0 Å². The molecule has 3 aromatic heterocycles. The molecule has 5 rings (SSSR count). The van der Waals surface area contributed by atoms with Crippen LogP contribution in [-0.4, -0.2) is 57.7 Å². The highest BCUT2D eigenvalue weighted by Gasteiger charge is 2.37.